The van der Waals surface area contributed by atoms with Gasteiger partial charge in [-0.3, -0.25) is 0 Å². The summed E-state index contributed by atoms with van der Waals surface area (Å²) in [6, 6.07) is 0. The molecule has 10 heteroatoms. The Kier molecular flexibility index (Phi) is 7.07. The van der Waals surface area contributed by atoms with Gasteiger partial charge in [-0.2, -0.15) is 4.98 Å². The van der Waals surface area contributed by atoms with Gasteiger partial charge in [0.15, 0.2) is 0 Å². The fraction of sp³-hybridized carbons (Fsp3) is 0.800. The van der Waals surface area contributed by atoms with Crippen molar-refractivity contribution in [1.82, 2.24) is 19.6 Å². The number of ether oxygens (including phenoxy) is 1. The van der Waals surface area contributed by atoms with Crippen LogP contribution in [-0.2, 0) is 27.6 Å². The summed E-state index contributed by atoms with van der Waals surface area (Å²) < 4.78 is 32.8. The standard InChI is InChI=1S/C20H34N6O3S/c1-25-8-10-26(11-9-25)20-23-18-5-3-2-4-17(18)19(24-20)21-7-13-30(27,28)22-14-16-6-12-29-15-16/h16,22H,2-15H2,1H3,(H,21,23,24). The number of likely N-dealkylation sites (N-methyl/N-ethyl adjacent to an activating group) is 1. The van der Waals surface area contributed by atoms with Crippen molar-refractivity contribution in [3.05, 3.63) is 11.3 Å². The zero-order chi connectivity index (χ0) is 21.0. The lowest BCUT2D eigenvalue weighted by Crippen LogP contribution is -2.45. The summed E-state index contributed by atoms with van der Waals surface area (Å²) in [5.41, 5.74) is 2.28. The van der Waals surface area contributed by atoms with E-state index in [1.807, 2.05) is 0 Å². The van der Waals surface area contributed by atoms with E-state index in [9.17, 15) is 8.42 Å². The highest BCUT2D eigenvalue weighted by Crippen LogP contribution is 2.28. The van der Waals surface area contributed by atoms with Crippen LogP contribution in [0.4, 0.5) is 11.8 Å². The van der Waals surface area contributed by atoms with Crippen LogP contribution in [-0.4, -0.2) is 88.6 Å². The van der Waals surface area contributed by atoms with Gasteiger partial charge in [0.05, 0.1) is 18.1 Å². The Labute approximate surface area is 179 Å². The monoisotopic (exact) mass is 438 g/mol. The fourth-order valence-electron chi connectivity index (χ4n) is 4.24. The lowest BCUT2D eigenvalue weighted by Gasteiger charge is -2.33. The van der Waals surface area contributed by atoms with Gasteiger partial charge in [-0.25, -0.2) is 18.1 Å². The SMILES string of the molecule is CN1CCN(c2nc3c(c(NCCS(=O)(=O)NCC4CCOC4)n2)CCCC3)CC1. The van der Waals surface area contributed by atoms with Crippen molar-refractivity contribution in [3.8, 4) is 0 Å². The molecule has 2 saturated heterocycles. The Morgan fingerprint density at radius 2 is 1.93 bits per heavy atom. The number of hydrogen-bond donors (Lipinski definition) is 2. The van der Waals surface area contributed by atoms with Gasteiger partial charge in [0.25, 0.3) is 0 Å². The molecule has 2 fully saturated rings. The molecule has 168 valence electrons. The summed E-state index contributed by atoms with van der Waals surface area (Å²) in [4.78, 5) is 14.2. The molecule has 9 nitrogen and oxygen atoms in total. The molecule has 1 aliphatic carbocycles. The molecule has 0 radical (unpaired) electrons. The highest BCUT2D eigenvalue weighted by molar-refractivity contribution is 7.89. The largest absolute Gasteiger partial charge is 0.381 e. The molecule has 2 N–H and O–H groups in total. The average molecular weight is 439 g/mol. The average Bonchev–Trinajstić information content (AvgIpc) is 3.26. The van der Waals surface area contributed by atoms with Gasteiger partial charge in [-0.1, -0.05) is 0 Å². The van der Waals surface area contributed by atoms with E-state index in [4.69, 9.17) is 14.7 Å². The van der Waals surface area contributed by atoms with Crippen LogP contribution in [0.5, 0.6) is 0 Å². The third-order valence-corrected chi connectivity index (χ3v) is 7.58. The number of rotatable bonds is 8. The fourth-order valence-corrected chi connectivity index (χ4v) is 5.25. The van der Waals surface area contributed by atoms with Crippen molar-refractivity contribution >= 4 is 21.8 Å². The molecule has 0 aromatic carbocycles. The Morgan fingerprint density at radius 1 is 1.13 bits per heavy atom. The Hall–Kier alpha value is -1.49. The lowest BCUT2D eigenvalue weighted by molar-refractivity contribution is 0.186. The van der Waals surface area contributed by atoms with Crippen molar-refractivity contribution < 1.29 is 13.2 Å². The molecule has 1 aromatic heterocycles. The van der Waals surface area contributed by atoms with Crippen LogP contribution in [0, 0.1) is 5.92 Å². The summed E-state index contributed by atoms with van der Waals surface area (Å²) in [5, 5.41) is 3.31. The first-order valence-corrected chi connectivity index (χ1v) is 12.8. The van der Waals surface area contributed by atoms with Crippen molar-refractivity contribution in [2.45, 2.75) is 32.1 Å². The molecular formula is C20H34N6O3S. The quantitative estimate of drug-likeness (QED) is 0.605. The minimum absolute atomic E-state index is 0.0309. The normalized spacial score (nSPS) is 22.8. The summed E-state index contributed by atoms with van der Waals surface area (Å²) in [7, 11) is -1.19. The third-order valence-electron chi connectivity index (χ3n) is 6.24. The van der Waals surface area contributed by atoms with Crippen molar-refractivity contribution in [2.24, 2.45) is 5.92 Å². The number of fused-ring (bicyclic) bond motifs is 1. The summed E-state index contributed by atoms with van der Waals surface area (Å²) in [6.45, 7) is 5.99. The smallest absolute Gasteiger partial charge is 0.227 e. The van der Waals surface area contributed by atoms with Crippen molar-refractivity contribution in [1.29, 1.82) is 0 Å². The molecule has 0 saturated carbocycles. The third kappa shape index (κ3) is 5.60. The van der Waals surface area contributed by atoms with E-state index in [0.29, 0.717) is 19.7 Å². The molecule has 3 heterocycles. The van der Waals surface area contributed by atoms with Crippen LogP contribution >= 0.6 is 0 Å². The molecule has 3 aliphatic rings. The molecular weight excluding hydrogens is 404 g/mol. The highest BCUT2D eigenvalue weighted by Gasteiger charge is 2.23. The van der Waals surface area contributed by atoms with Crippen LogP contribution in [0.1, 0.15) is 30.5 Å². The van der Waals surface area contributed by atoms with E-state index in [1.54, 1.807) is 0 Å². The van der Waals surface area contributed by atoms with E-state index in [2.05, 4.69) is 26.9 Å². The van der Waals surface area contributed by atoms with Gasteiger partial charge in [-0.05, 0) is 45.1 Å². The van der Waals surface area contributed by atoms with Gasteiger partial charge in [0.2, 0.25) is 16.0 Å². The number of hydrogen-bond acceptors (Lipinski definition) is 8. The summed E-state index contributed by atoms with van der Waals surface area (Å²) in [6.07, 6.45) is 5.11. The van der Waals surface area contributed by atoms with E-state index >= 15 is 0 Å². The first kappa shape index (κ1) is 21.7. The van der Waals surface area contributed by atoms with Gasteiger partial charge in [0.1, 0.15) is 5.82 Å². The number of aromatic nitrogens is 2. The summed E-state index contributed by atoms with van der Waals surface area (Å²) in [5.74, 6) is 1.90. The molecule has 1 unspecified atom stereocenters. The first-order chi connectivity index (χ1) is 14.5. The lowest BCUT2D eigenvalue weighted by atomic mass is 9.96. The van der Waals surface area contributed by atoms with Crippen LogP contribution < -0.4 is 14.9 Å². The van der Waals surface area contributed by atoms with Gasteiger partial charge < -0.3 is 19.9 Å². The number of nitrogens with one attached hydrogen (secondary N) is 2. The highest BCUT2D eigenvalue weighted by atomic mass is 32.2. The molecule has 4 rings (SSSR count). The van der Waals surface area contributed by atoms with Crippen LogP contribution in [0.25, 0.3) is 0 Å². The molecule has 1 aromatic rings. The van der Waals surface area contributed by atoms with Crippen molar-refractivity contribution in [2.75, 3.05) is 75.5 Å². The zero-order valence-electron chi connectivity index (χ0n) is 17.9. The number of piperazine rings is 1. The minimum atomic E-state index is -3.32. The molecule has 1 atom stereocenters. The van der Waals surface area contributed by atoms with Crippen LogP contribution in [0.2, 0.25) is 0 Å². The number of aryl methyl sites for hydroxylation is 1. The van der Waals surface area contributed by atoms with Gasteiger partial charge in [0, 0.05) is 51.4 Å². The van der Waals surface area contributed by atoms with Crippen molar-refractivity contribution in [3.63, 3.8) is 0 Å². The molecule has 2 aliphatic heterocycles. The second kappa shape index (κ2) is 9.76. The predicted octanol–water partition coefficient (Wildman–Crippen LogP) is 0.475. The second-order valence-electron chi connectivity index (χ2n) is 8.62. The van der Waals surface area contributed by atoms with Gasteiger partial charge in [-0.15, -0.1) is 0 Å². The van der Waals surface area contributed by atoms with E-state index in [0.717, 1.165) is 87.9 Å². The number of anilines is 2. The first-order valence-electron chi connectivity index (χ1n) is 11.1. The molecule has 0 bridgehead atoms. The minimum Gasteiger partial charge on any atom is -0.381 e. The maximum atomic E-state index is 12.4. The summed E-state index contributed by atoms with van der Waals surface area (Å²) >= 11 is 0. The topological polar surface area (TPSA) is 99.7 Å². The Morgan fingerprint density at radius 3 is 2.70 bits per heavy atom. The van der Waals surface area contributed by atoms with E-state index in [1.165, 1.54) is 0 Å². The maximum absolute atomic E-state index is 12.4. The van der Waals surface area contributed by atoms with Gasteiger partial charge >= 0.3 is 0 Å². The van der Waals surface area contributed by atoms with Crippen LogP contribution in [0.15, 0.2) is 0 Å². The Balaban J connectivity index is 1.39. The van der Waals surface area contributed by atoms with E-state index in [-0.39, 0.29) is 11.7 Å². The zero-order valence-corrected chi connectivity index (χ0v) is 18.7. The second-order valence-corrected chi connectivity index (χ2v) is 10.5. The number of sulfonamides is 1. The number of nitrogens with zero attached hydrogens (tertiary/aromatic N) is 4. The van der Waals surface area contributed by atoms with E-state index < -0.39 is 10.0 Å². The predicted molar refractivity (Wildman–Crippen MR) is 118 cm³/mol. The molecule has 0 amide bonds. The maximum Gasteiger partial charge on any atom is 0.227 e. The molecule has 0 spiro atoms. The van der Waals surface area contributed by atoms with Crippen LogP contribution in [0.3, 0.4) is 0 Å². The Bertz CT molecular complexity index is 820. The molecule has 30 heavy (non-hydrogen) atoms.